The van der Waals surface area contributed by atoms with Gasteiger partial charge in [-0.05, 0) is 31.5 Å². The van der Waals surface area contributed by atoms with E-state index in [-0.39, 0.29) is 22.2 Å². The summed E-state index contributed by atoms with van der Waals surface area (Å²) >= 11 is 0. The van der Waals surface area contributed by atoms with Crippen LogP contribution in [0.25, 0.3) is 0 Å². The van der Waals surface area contributed by atoms with Crippen molar-refractivity contribution in [3.63, 3.8) is 0 Å². The predicted octanol–water partition coefficient (Wildman–Crippen LogP) is 1.91. The van der Waals surface area contributed by atoms with E-state index in [2.05, 4.69) is 9.46 Å². The monoisotopic (exact) mass is 314 g/mol. The molecule has 0 fully saturated rings. The van der Waals surface area contributed by atoms with E-state index in [0.717, 1.165) is 19.3 Å². The van der Waals surface area contributed by atoms with Gasteiger partial charge in [-0.15, -0.1) is 0 Å². The first kappa shape index (κ1) is 17.5. The summed E-state index contributed by atoms with van der Waals surface area (Å²) in [6.45, 7) is 3.83. The number of hydrogen-bond acceptors (Lipinski definition) is 5. The van der Waals surface area contributed by atoms with Crippen molar-refractivity contribution in [2.45, 2.75) is 44.0 Å². The van der Waals surface area contributed by atoms with Crippen LogP contribution in [-0.2, 0) is 14.8 Å². The predicted molar refractivity (Wildman–Crippen MR) is 81.5 cm³/mol. The van der Waals surface area contributed by atoms with Crippen molar-refractivity contribution in [3.8, 4) is 0 Å². The minimum atomic E-state index is -3.83. The molecule has 21 heavy (non-hydrogen) atoms. The molecular formula is C14H22N2O4S. The average molecular weight is 314 g/mol. The number of anilines is 1. The molecule has 1 atom stereocenters. The summed E-state index contributed by atoms with van der Waals surface area (Å²) in [5, 5.41) is 0. The summed E-state index contributed by atoms with van der Waals surface area (Å²) in [7, 11) is -2.63. The van der Waals surface area contributed by atoms with Gasteiger partial charge in [0.05, 0.1) is 17.6 Å². The van der Waals surface area contributed by atoms with E-state index in [1.54, 1.807) is 6.92 Å². The van der Waals surface area contributed by atoms with Gasteiger partial charge in [-0.25, -0.2) is 17.9 Å². The topological polar surface area (TPSA) is 98.5 Å². The van der Waals surface area contributed by atoms with E-state index < -0.39 is 16.0 Å². The molecule has 1 aromatic rings. The Balaban J connectivity index is 3.12. The Bertz CT molecular complexity index is 599. The van der Waals surface area contributed by atoms with E-state index in [1.165, 1.54) is 25.3 Å². The maximum absolute atomic E-state index is 12.4. The summed E-state index contributed by atoms with van der Waals surface area (Å²) in [5.74, 6) is -0.711. The lowest BCUT2D eigenvalue weighted by Crippen LogP contribution is -2.33. The van der Waals surface area contributed by atoms with Gasteiger partial charge in [0.2, 0.25) is 10.0 Å². The first-order valence-corrected chi connectivity index (χ1v) is 8.30. The Hall–Kier alpha value is -1.60. The number of benzene rings is 1. The Morgan fingerprint density at radius 3 is 2.67 bits per heavy atom. The largest absolute Gasteiger partial charge is 0.465 e. The number of hydrogen-bond donors (Lipinski definition) is 2. The van der Waals surface area contributed by atoms with Crippen LogP contribution in [0.15, 0.2) is 23.1 Å². The molecule has 0 aliphatic rings. The van der Waals surface area contributed by atoms with Gasteiger partial charge in [0.25, 0.3) is 0 Å². The molecule has 1 rings (SSSR count). The highest BCUT2D eigenvalue weighted by atomic mass is 32.2. The second kappa shape index (κ2) is 7.42. The summed E-state index contributed by atoms with van der Waals surface area (Å²) in [6.07, 6.45) is 2.63. The summed E-state index contributed by atoms with van der Waals surface area (Å²) < 4.78 is 32.0. The zero-order valence-corrected chi connectivity index (χ0v) is 13.4. The molecule has 0 aliphatic carbocycles. The van der Waals surface area contributed by atoms with Crippen LogP contribution in [0, 0.1) is 0 Å². The van der Waals surface area contributed by atoms with E-state index in [4.69, 9.17) is 5.73 Å². The lowest BCUT2D eigenvalue weighted by molar-refractivity contribution is 0.0596. The van der Waals surface area contributed by atoms with Crippen LogP contribution in [0.4, 0.5) is 5.69 Å². The molecule has 3 N–H and O–H groups in total. The Morgan fingerprint density at radius 1 is 1.43 bits per heavy atom. The van der Waals surface area contributed by atoms with Gasteiger partial charge in [-0.1, -0.05) is 19.8 Å². The molecule has 7 heteroatoms. The number of nitrogens with one attached hydrogen (secondary N) is 1. The second-order valence-corrected chi connectivity index (χ2v) is 6.59. The fourth-order valence-corrected chi connectivity index (χ4v) is 3.44. The molecule has 0 aliphatic heterocycles. The number of unbranched alkanes of at least 4 members (excludes halogenated alkanes) is 1. The van der Waals surface area contributed by atoms with Crippen molar-refractivity contribution in [2.75, 3.05) is 12.8 Å². The van der Waals surface area contributed by atoms with Crippen molar-refractivity contribution in [2.24, 2.45) is 0 Å². The van der Waals surface area contributed by atoms with Crippen molar-refractivity contribution in [3.05, 3.63) is 23.8 Å². The summed E-state index contributed by atoms with van der Waals surface area (Å²) in [5.41, 5.74) is 5.87. The maximum Gasteiger partial charge on any atom is 0.339 e. The van der Waals surface area contributed by atoms with E-state index in [1.807, 2.05) is 6.92 Å². The molecule has 6 nitrogen and oxygen atoms in total. The SMILES string of the molecule is CCCCC(C)NS(=O)(=O)c1cc(N)ccc1C(=O)OC. The number of nitrogens with two attached hydrogens (primary N) is 1. The highest BCUT2D eigenvalue weighted by Crippen LogP contribution is 2.20. The molecule has 118 valence electrons. The van der Waals surface area contributed by atoms with Crippen LogP contribution in [0.1, 0.15) is 43.5 Å². The van der Waals surface area contributed by atoms with Gasteiger partial charge in [0.15, 0.2) is 0 Å². The van der Waals surface area contributed by atoms with Gasteiger partial charge in [-0.2, -0.15) is 0 Å². The fourth-order valence-electron chi connectivity index (χ4n) is 1.94. The normalized spacial score (nSPS) is 12.9. The van der Waals surface area contributed by atoms with Gasteiger partial charge in [0.1, 0.15) is 0 Å². The maximum atomic E-state index is 12.4. The zero-order valence-electron chi connectivity index (χ0n) is 12.5. The molecule has 1 unspecified atom stereocenters. The Kier molecular flexibility index (Phi) is 6.17. The number of methoxy groups -OCH3 is 1. The van der Waals surface area contributed by atoms with E-state index >= 15 is 0 Å². The molecule has 0 aromatic heterocycles. The standard InChI is InChI=1S/C14H22N2O4S/c1-4-5-6-10(2)16-21(18,19)13-9-11(15)7-8-12(13)14(17)20-3/h7-10,16H,4-6,15H2,1-3H3. The molecule has 0 saturated heterocycles. The van der Waals surface area contributed by atoms with Gasteiger partial charge in [0, 0.05) is 11.7 Å². The van der Waals surface area contributed by atoms with Crippen molar-refractivity contribution in [1.29, 1.82) is 0 Å². The molecular weight excluding hydrogens is 292 g/mol. The first-order valence-electron chi connectivity index (χ1n) is 6.82. The smallest absolute Gasteiger partial charge is 0.339 e. The van der Waals surface area contributed by atoms with Gasteiger partial charge in [-0.3, -0.25) is 0 Å². The van der Waals surface area contributed by atoms with Crippen LogP contribution in [0.2, 0.25) is 0 Å². The molecule has 0 heterocycles. The van der Waals surface area contributed by atoms with Crippen molar-refractivity contribution >= 4 is 21.7 Å². The van der Waals surface area contributed by atoms with Gasteiger partial charge >= 0.3 is 5.97 Å². The number of carbonyl (C=O) groups excluding carboxylic acids is 1. The highest BCUT2D eigenvalue weighted by Gasteiger charge is 2.24. The summed E-state index contributed by atoms with van der Waals surface area (Å²) in [6, 6.07) is 3.86. The van der Waals surface area contributed by atoms with Crippen LogP contribution < -0.4 is 10.5 Å². The molecule has 0 spiro atoms. The lowest BCUT2D eigenvalue weighted by Gasteiger charge is -2.16. The number of nitrogen functional groups attached to an aromatic ring is 1. The minimum absolute atomic E-state index is 0.0260. The van der Waals surface area contributed by atoms with Crippen molar-refractivity contribution in [1.82, 2.24) is 4.72 Å². The number of ether oxygens (including phenoxy) is 1. The summed E-state index contributed by atoms with van der Waals surface area (Å²) in [4.78, 5) is 11.5. The van der Waals surface area contributed by atoms with E-state index in [0.29, 0.717) is 0 Å². The third kappa shape index (κ3) is 4.71. The molecule has 0 bridgehead atoms. The third-order valence-electron chi connectivity index (χ3n) is 3.05. The Morgan fingerprint density at radius 2 is 2.10 bits per heavy atom. The second-order valence-electron chi connectivity index (χ2n) is 4.91. The lowest BCUT2D eigenvalue weighted by atomic mass is 10.2. The quantitative estimate of drug-likeness (QED) is 0.592. The zero-order chi connectivity index (χ0) is 16.0. The number of rotatable bonds is 7. The fraction of sp³-hybridized carbons (Fsp3) is 0.500. The van der Waals surface area contributed by atoms with Crippen molar-refractivity contribution < 1.29 is 17.9 Å². The number of carbonyl (C=O) groups is 1. The van der Waals surface area contributed by atoms with E-state index in [9.17, 15) is 13.2 Å². The molecule has 1 aromatic carbocycles. The molecule has 0 saturated carbocycles. The van der Waals surface area contributed by atoms with Gasteiger partial charge < -0.3 is 10.5 Å². The highest BCUT2D eigenvalue weighted by molar-refractivity contribution is 7.89. The van der Waals surface area contributed by atoms with Crippen LogP contribution in [-0.4, -0.2) is 27.5 Å². The number of sulfonamides is 1. The van der Waals surface area contributed by atoms with Crippen LogP contribution in [0.3, 0.4) is 0 Å². The molecule has 0 radical (unpaired) electrons. The first-order chi connectivity index (χ1) is 9.81. The Labute approximate surface area is 125 Å². The minimum Gasteiger partial charge on any atom is -0.465 e. The van der Waals surface area contributed by atoms with Crippen LogP contribution in [0.5, 0.6) is 0 Å². The van der Waals surface area contributed by atoms with Crippen LogP contribution >= 0.6 is 0 Å². The average Bonchev–Trinajstić information content (AvgIpc) is 2.43. The number of esters is 1. The molecule has 0 amide bonds. The third-order valence-corrected chi connectivity index (χ3v) is 4.68.